The summed E-state index contributed by atoms with van der Waals surface area (Å²) in [5.41, 5.74) is -0.288. The van der Waals surface area contributed by atoms with Gasteiger partial charge in [0.2, 0.25) is 11.7 Å². The molecule has 2 aliphatic rings. The molecule has 5 heteroatoms. The number of ether oxygens (including phenoxy) is 1. The molecule has 1 aromatic rings. The van der Waals surface area contributed by atoms with Gasteiger partial charge in [-0.1, -0.05) is 5.16 Å². The van der Waals surface area contributed by atoms with Gasteiger partial charge in [-0.05, 0) is 45.1 Å². The minimum atomic E-state index is -0.288. The molecule has 0 aromatic carbocycles. The average Bonchev–Trinajstić information content (AvgIpc) is 3.09. The van der Waals surface area contributed by atoms with E-state index in [2.05, 4.69) is 15.5 Å². The summed E-state index contributed by atoms with van der Waals surface area (Å²) < 4.78 is 11.1. The number of methoxy groups -OCH3 is 1. The lowest BCUT2D eigenvalue weighted by Gasteiger charge is -2.23. The number of hydrogen-bond acceptors (Lipinski definition) is 5. The quantitative estimate of drug-likeness (QED) is 0.889. The van der Waals surface area contributed by atoms with Crippen LogP contribution in [0, 0.1) is 0 Å². The van der Waals surface area contributed by atoms with E-state index in [4.69, 9.17) is 9.26 Å². The number of piperidine rings is 1. The molecule has 3 rings (SSSR count). The van der Waals surface area contributed by atoms with E-state index >= 15 is 0 Å². The molecule has 1 aromatic heterocycles. The molecule has 1 N–H and O–H groups in total. The number of hydrogen-bond donors (Lipinski definition) is 1. The number of aromatic nitrogens is 2. The van der Waals surface area contributed by atoms with Crippen molar-refractivity contribution in [1.82, 2.24) is 15.5 Å². The minimum Gasteiger partial charge on any atom is -0.370 e. The second kappa shape index (κ2) is 4.97. The lowest BCUT2D eigenvalue weighted by Crippen LogP contribution is -2.29. The van der Waals surface area contributed by atoms with Crippen molar-refractivity contribution >= 4 is 0 Å². The fourth-order valence-corrected chi connectivity index (χ4v) is 3.11. The highest BCUT2D eigenvalue weighted by atomic mass is 16.5. The van der Waals surface area contributed by atoms with E-state index in [9.17, 15) is 0 Å². The molecule has 1 saturated carbocycles. The summed E-state index contributed by atoms with van der Waals surface area (Å²) in [6.07, 6.45) is 6.69. The van der Waals surface area contributed by atoms with Gasteiger partial charge in [0.1, 0.15) is 5.60 Å². The monoisotopic (exact) mass is 251 g/mol. The van der Waals surface area contributed by atoms with Crippen LogP contribution in [0.5, 0.6) is 0 Å². The predicted octanol–water partition coefficient (Wildman–Crippen LogP) is 1.95. The van der Waals surface area contributed by atoms with Gasteiger partial charge in [-0.3, -0.25) is 0 Å². The molecule has 0 spiro atoms. The Hall–Kier alpha value is -0.940. The zero-order valence-electron chi connectivity index (χ0n) is 10.9. The van der Waals surface area contributed by atoms with Gasteiger partial charge in [-0.2, -0.15) is 4.98 Å². The maximum atomic E-state index is 5.68. The normalized spacial score (nSPS) is 27.5. The summed E-state index contributed by atoms with van der Waals surface area (Å²) in [6, 6.07) is 0. The van der Waals surface area contributed by atoms with E-state index in [1.807, 2.05) is 0 Å². The molecule has 1 aliphatic carbocycles. The van der Waals surface area contributed by atoms with E-state index in [1.54, 1.807) is 7.11 Å². The van der Waals surface area contributed by atoms with Crippen molar-refractivity contribution in [2.45, 2.75) is 50.0 Å². The highest BCUT2D eigenvalue weighted by molar-refractivity contribution is 5.06. The first-order valence-electron chi connectivity index (χ1n) is 6.94. The van der Waals surface area contributed by atoms with Gasteiger partial charge >= 0.3 is 0 Å². The van der Waals surface area contributed by atoms with Crippen LogP contribution in [0.3, 0.4) is 0 Å². The van der Waals surface area contributed by atoms with Gasteiger partial charge in [0.05, 0.1) is 5.92 Å². The van der Waals surface area contributed by atoms with E-state index < -0.39 is 0 Å². The Labute approximate surface area is 107 Å². The smallest absolute Gasteiger partial charge is 0.231 e. The topological polar surface area (TPSA) is 60.2 Å². The van der Waals surface area contributed by atoms with Crippen molar-refractivity contribution < 1.29 is 9.26 Å². The summed E-state index contributed by atoms with van der Waals surface area (Å²) in [4.78, 5) is 4.62. The third-order valence-electron chi connectivity index (χ3n) is 4.30. The van der Waals surface area contributed by atoms with Crippen LogP contribution in [0.4, 0.5) is 0 Å². The first-order chi connectivity index (χ1) is 8.84. The highest BCUT2D eigenvalue weighted by Crippen LogP contribution is 2.40. The minimum absolute atomic E-state index is 0.288. The molecule has 2 heterocycles. The Morgan fingerprint density at radius 1 is 1.33 bits per heavy atom. The van der Waals surface area contributed by atoms with Gasteiger partial charge in [0, 0.05) is 13.7 Å². The highest BCUT2D eigenvalue weighted by Gasteiger charge is 2.40. The van der Waals surface area contributed by atoms with Crippen LogP contribution in [0.15, 0.2) is 4.52 Å². The third-order valence-corrected chi connectivity index (χ3v) is 4.30. The molecule has 2 fully saturated rings. The zero-order valence-corrected chi connectivity index (χ0v) is 10.9. The van der Waals surface area contributed by atoms with E-state index in [0.29, 0.717) is 5.92 Å². The molecule has 5 nitrogen and oxygen atoms in total. The Morgan fingerprint density at radius 2 is 2.17 bits per heavy atom. The van der Waals surface area contributed by atoms with Gasteiger partial charge in [-0.25, -0.2) is 0 Å². The summed E-state index contributed by atoms with van der Waals surface area (Å²) in [5, 5.41) is 7.55. The predicted molar refractivity (Wildman–Crippen MR) is 66.3 cm³/mol. The molecule has 1 saturated heterocycles. The summed E-state index contributed by atoms with van der Waals surface area (Å²) in [7, 11) is 1.75. The number of nitrogens with one attached hydrogen (secondary N) is 1. The second-order valence-corrected chi connectivity index (χ2v) is 5.41. The van der Waals surface area contributed by atoms with Crippen LogP contribution in [0.2, 0.25) is 0 Å². The van der Waals surface area contributed by atoms with Crippen molar-refractivity contribution in [2.24, 2.45) is 0 Å². The third kappa shape index (κ3) is 2.06. The summed E-state index contributed by atoms with van der Waals surface area (Å²) in [6.45, 7) is 2.04. The largest absolute Gasteiger partial charge is 0.370 e. The van der Waals surface area contributed by atoms with Gasteiger partial charge in [0.15, 0.2) is 0 Å². The van der Waals surface area contributed by atoms with Crippen molar-refractivity contribution in [3.8, 4) is 0 Å². The Kier molecular flexibility index (Phi) is 3.35. The molecule has 1 aliphatic heterocycles. The van der Waals surface area contributed by atoms with E-state index in [0.717, 1.165) is 44.1 Å². The molecule has 0 bridgehead atoms. The second-order valence-electron chi connectivity index (χ2n) is 5.41. The SMILES string of the molecule is COC1(c2noc(C3CCCNC3)n2)CCCC1. The van der Waals surface area contributed by atoms with Crippen LogP contribution in [0.1, 0.15) is 56.2 Å². The molecule has 18 heavy (non-hydrogen) atoms. The van der Waals surface area contributed by atoms with Gasteiger partial charge in [-0.15, -0.1) is 0 Å². The molecule has 0 amide bonds. The first-order valence-corrected chi connectivity index (χ1v) is 6.94. The fraction of sp³-hybridized carbons (Fsp3) is 0.846. The van der Waals surface area contributed by atoms with Crippen LogP contribution in [-0.4, -0.2) is 30.3 Å². The summed E-state index contributed by atoms with van der Waals surface area (Å²) in [5.74, 6) is 1.90. The fourth-order valence-electron chi connectivity index (χ4n) is 3.11. The standard InChI is InChI=1S/C13H21N3O2/c1-17-13(6-2-3-7-13)12-15-11(18-16-12)10-5-4-8-14-9-10/h10,14H,2-9H2,1H3. The molecular formula is C13H21N3O2. The maximum absolute atomic E-state index is 5.68. The molecule has 1 atom stereocenters. The van der Waals surface area contributed by atoms with Crippen molar-refractivity contribution in [1.29, 1.82) is 0 Å². The van der Waals surface area contributed by atoms with Crippen molar-refractivity contribution in [3.63, 3.8) is 0 Å². The molecule has 0 radical (unpaired) electrons. The van der Waals surface area contributed by atoms with E-state index in [1.165, 1.54) is 19.3 Å². The average molecular weight is 251 g/mol. The zero-order chi connectivity index (χ0) is 12.4. The number of rotatable bonds is 3. The van der Waals surface area contributed by atoms with E-state index in [-0.39, 0.29) is 5.60 Å². The van der Waals surface area contributed by atoms with Crippen LogP contribution >= 0.6 is 0 Å². The van der Waals surface area contributed by atoms with Crippen molar-refractivity contribution in [3.05, 3.63) is 11.7 Å². The Bertz CT molecular complexity index is 393. The lowest BCUT2D eigenvalue weighted by atomic mass is 9.99. The molecule has 1 unspecified atom stereocenters. The first kappa shape index (κ1) is 12.1. The molecular weight excluding hydrogens is 230 g/mol. The van der Waals surface area contributed by atoms with Crippen LogP contribution in [-0.2, 0) is 10.3 Å². The lowest BCUT2D eigenvalue weighted by molar-refractivity contribution is -0.0178. The summed E-state index contributed by atoms with van der Waals surface area (Å²) >= 11 is 0. The van der Waals surface area contributed by atoms with Crippen molar-refractivity contribution in [2.75, 3.05) is 20.2 Å². The Balaban J connectivity index is 1.79. The maximum Gasteiger partial charge on any atom is 0.231 e. The van der Waals surface area contributed by atoms with Gasteiger partial charge in [0.25, 0.3) is 0 Å². The van der Waals surface area contributed by atoms with Crippen LogP contribution in [0.25, 0.3) is 0 Å². The Morgan fingerprint density at radius 3 is 2.83 bits per heavy atom. The van der Waals surface area contributed by atoms with Crippen LogP contribution < -0.4 is 5.32 Å². The number of nitrogens with zero attached hydrogens (tertiary/aromatic N) is 2. The molecule has 100 valence electrons. The van der Waals surface area contributed by atoms with Gasteiger partial charge < -0.3 is 14.6 Å².